The SMILES string of the molecule is CC[C@H]1OC(=O)[C@H](C)[C@@H](OC(=O)N2C(=O)OC[C@@H]2C)[C@H](C)[C@@H](O[C@@H]2O[C@H](C)C[C@H](N(C)CCCc3ccccn3)[C@H]2O)[C@@](C)(OC)C[C@@H](C)C(=O)[C@H](C)[C@H]2N(CCc3ccc(Cl)c(Cl)c3)C(=O)O[C@]12C. The van der Waals surface area contributed by atoms with E-state index in [2.05, 4.69) is 9.88 Å². The summed E-state index contributed by atoms with van der Waals surface area (Å²) in [7, 11) is 3.42. The van der Waals surface area contributed by atoms with E-state index in [0.717, 1.165) is 29.0 Å². The Morgan fingerprint density at radius 3 is 2.34 bits per heavy atom. The average Bonchev–Trinajstić information content (AvgIpc) is 3.81. The molecule has 0 bridgehead atoms. The Morgan fingerprint density at radius 1 is 0.986 bits per heavy atom. The van der Waals surface area contributed by atoms with Gasteiger partial charge in [-0.3, -0.25) is 19.5 Å². The molecule has 0 unspecified atom stereocenters. The van der Waals surface area contributed by atoms with Gasteiger partial charge in [-0.15, -0.1) is 0 Å². The molecule has 4 aliphatic rings. The number of aryl methyl sites for hydroxylation is 1. The van der Waals surface area contributed by atoms with Crippen LogP contribution in [0.4, 0.5) is 14.4 Å². The van der Waals surface area contributed by atoms with Crippen LogP contribution < -0.4 is 0 Å². The van der Waals surface area contributed by atoms with Gasteiger partial charge < -0.3 is 43.2 Å². The van der Waals surface area contributed by atoms with Crippen molar-refractivity contribution in [1.29, 1.82) is 0 Å². The van der Waals surface area contributed by atoms with Crippen molar-refractivity contribution in [2.75, 3.05) is 33.9 Å². The van der Waals surface area contributed by atoms with Crippen LogP contribution in [0.15, 0.2) is 42.6 Å². The van der Waals surface area contributed by atoms with Gasteiger partial charge in [0.1, 0.15) is 30.7 Å². The molecular formula is C51H72Cl2N4O13. The lowest BCUT2D eigenvalue weighted by atomic mass is 9.73. The standard InChI is InChI=1S/C51H72Cl2N4O13/c1-12-39-51(9)43(56(47(61)70-51)23-20-34-18-19-36(52)37(53)25-34)31(5)40(58)28(2)26-50(8,64-11)44(32(6)42(33(7)45(60)67-39)68-49(63)57-29(3)27-65-48(57)62)69-46-41(59)38(24-30(4)66-46)55(10)22-15-17-35-16-13-14-21-54-35/h13-14,16,18-19,21,25,28-33,38-39,41-44,46,59H,12,15,17,20,22-24,26-27H2,1-11H3/t28-,29+,30-,31+,32+,33-,38+,39-,41-,42+,43-,44-,46+,50+,51-/m1/s1. The summed E-state index contributed by atoms with van der Waals surface area (Å²) in [6, 6.07) is 9.00. The number of nitrogens with zero attached hydrogens (tertiary/aromatic N) is 4. The van der Waals surface area contributed by atoms with Gasteiger partial charge in [-0.05, 0) is 117 Å². The molecule has 1 aromatic heterocycles. The molecule has 388 valence electrons. The highest BCUT2D eigenvalue weighted by atomic mass is 35.5. The second kappa shape index (κ2) is 23.2. The molecule has 0 aliphatic carbocycles. The van der Waals surface area contributed by atoms with Gasteiger partial charge in [0.25, 0.3) is 0 Å². The Bertz CT molecular complexity index is 2180. The number of carbonyl (C=O) groups excluding carboxylic acids is 5. The Labute approximate surface area is 422 Å². The highest BCUT2D eigenvalue weighted by molar-refractivity contribution is 6.42. The molecule has 1 aromatic carbocycles. The number of hydrogen-bond acceptors (Lipinski definition) is 15. The first-order valence-electron chi connectivity index (χ1n) is 24.5. The largest absolute Gasteiger partial charge is 0.458 e. The maximum absolute atomic E-state index is 15.1. The van der Waals surface area contributed by atoms with Crippen LogP contribution in [-0.4, -0.2) is 155 Å². The fraction of sp³-hybridized carbons (Fsp3) is 0.686. The zero-order chi connectivity index (χ0) is 51.4. The molecule has 4 aliphatic heterocycles. The molecule has 2 aromatic rings. The van der Waals surface area contributed by atoms with E-state index in [1.165, 1.54) is 12.0 Å². The zero-order valence-corrected chi connectivity index (χ0v) is 43.8. The summed E-state index contributed by atoms with van der Waals surface area (Å²) in [5.74, 6) is -4.87. The van der Waals surface area contributed by atoms with Crippen LogP contribution in [0.1, 0.15) is 99.3 Å². The number of halogens is 2. The van der Waals surface area contributed by atoms with Gasteiger partial charge in [0.05, 0.1) is 45.9 Å². The molecule has 19 heteroatoms. The van der Waals surface area contributed by atoms with Crippen molar-refractivity contribution in [2.24, 2.45) is 23.7 Å². The number of methoxy groups -OCH3 is 1. The summed E-state index contributed by atoms with van der Waals surface area (Å²) in [4.78, 5) is 79.9. The van der Waals surface area contributed by atoms with Gasteiger partial charge in [-0.25, -0.2) is 19.3 Å². The number of aliphatic hydroxyl groups is 1. The van der Waals surface area contributed by atoms with Gasteiger partial charge >= 0.3 is 24.2 Å². The molecular weight excluding hydrogens is 947 g/mol. The summed E-state index contributed by atoms with van der Waals surface area (Å²) >= 11 is 12.6. The Kier molecular flexibility index (Phi) is 18.3. The number of cyclic esters (lactones) is 2. The number of fused-ring (bicyclic) bond motifs is 1. The van der Waals surface area contributed by atoms with Crippen molar-refractivity contribution in [1.82, 2.24) is 19.7 Å². The number of rotatable bonds is 13. The molecule has 15 atom stereocenters. The summed E-state index contributed by atoms with van der Waals surface area (Å²) < 4.78 is 43.8. The van der Waals surface area contributed by atoms with E-state index in [9.17, 15) is 24.3 Å². The monoisotopic (exact) mass is 1020 g/mol. The lowest BCUT2D eigenvalue weighted by Gasteiger charge is -2.48. The highest BCUT2D eigenvalue weighted by Gasteiger charge is 2.61. The van der Waals surface area contributed by atoms with Crippen molar-refractivity contribution in [2.45, 2.75) is 167 Å². The number of ketones is 1. The van der Waals surface area contributed by atoms with E-state index in [0.29, 0.717) is 29.4 Å². The number of benzene rings is 1. The minimum Gasteiger partial charge on any atom is -0.458 e. The maximum Gasteiger partial charge on any atom is 0.419 e. The molecule has 1 N–H and O–H groups in total. The quantitative estimate of drug-likeness (QED) is 0.150. The number of imide groups is 1. The molecule has 0 saturated carbocycles. The lowest BCUT2D eigenvalue weighted by molar-refractivity contribution is -0.302. The van der Waals surface area contributed by atoms with Crippen molar-refractivity contribution in [3.05, 3.63) is 63.9 Å². The smallest absolute Gasteiger partial charge is 0.419 e. The topological polar surface area (TPSA) is 193 Å². The Morgan fingerprint density at radius 2 is 1.71 bits per heavy atom. The number of pyridine rings is 1. The van der Waals surface area contributed by atoms with Crippen LogP contribution in [0, 0.1) is 23.7 Å². The van der Waals surface area contributed by atoms with Gasteiger partial charge in [-0.1, -0.05) is 63.0 Å². The number of amides is 3. The molecule has 0 radical (unpaired) electrons. The second-order valence-corrected chi connectivity index (χ2v) is 21.0. The number of hydrogen-bond donors (Lipinski definition) is 1. The number of carbonyl (C=O) groups is 5. The first kappa shape index (κ1) is 55.2. The number of aliphatic hydroxyl groups excluding tert-OH is 1. The molecule has 3 amide bonds. The predicted octanol–water partition coefficient (Wildman–Crippen LogP) is 7.91. The van der Waals surface area contributed by atoms with Crippen molar-refractivity contribution < 1.29 is 62.2 Å². The number of likely N-dealkylation sites (N-methyl/N-ethyl adjacent to an activating group) is 1. The number of Topliss-reactive ketones (excluding diaryl/α,β-unsaturated/α-hetero) is 1. The van der Waals surface area contributed by atoms with Crippen molar-refractivity contribution >= 4 is 53.2 Å². The summed E-state index contributed by atoms with van der Waals surface area (Å²) in [6.07, 6.45) is -4.75. The Balaban J connectivity index is 1.39. The maximum atomic E-state index is 15.1. The lowest BCUT2D eigenvalue weighted by Crippen LogP contribution is -2.61. The van der Waals surface area contributed by atoms with Gasteiger partial charge in [0.15, 0.2) is 11.9 Å². The summed E-state index contributed by atoms with van der Waals surface area (Å²) in [5, 5.41) is 12.9. The van der Waals surface area contributed by atoms with E-state index < -0.39 is 108 Å². The van der Waals surface area contributed by atoms with Gasteiger partial charge in [-0.2, -0.15) is 0 Å². The number of esters is 1. The van der Waals surface area contributed by atoms with E-state index in [1.54, 1.807) is 79.8 Å². The van der Waals surface area contributed by atoms with Crippen LogP contribution in [0.25, 0.3) is 0 Å². The third-order valence-electron chi connectivity index (χ3n) is 15.1. The van der Waals surface area contributed by atoms with Gasteiger partial charge in [0, 0.05) is 49.3 Å². The first-order valence-corrected chi connectivity index (χ1v) is 25.3. The van der Waals surface area contributed by atoms with E-state index in [1.807, 2.05) is 32.2 Å². The molecule has 17 nitrogen and oxygen atoms in total. The molecule has 70 heavy (non-hydrogen) atoms. The van der Waals surface area contributed by atoms with Crippen LogP contribution in [-0.2, 0) is 55.6 Å². The third kappa shape index (κ3) is 11.9. The van der Waals surface area contributed by atoms with Gasteiger partial charge in [0.2, 0.25) is 0 Å². The van der Waals surface area contributed by atoms with Crippen LogP contribution in [0.2, 0.25) is 10.0 Å². The molecule has 6 rings (SSSR count). The third-order valence-corrected chi connectivity index (χ3v) is 15.8. The first-order chi connectivity index (χ1) is 33.0. The average molecular weight is 1020 g/mol. The predicted molar refractivity (Wildman–Crippen MR) is 259 cm³/mol. The van der Waals surface area contributed by atoms with Crippen LogP contribution >= 0.6 is 23.2 Å². The number of aromatic nitrogens is 1. The van der Waals surface area contributed by atoms with E-state index in [-0.39, 0.29) is 37.9 Å². The molecule has 4 saturated heterocycles. The fourth-order valence-electron chi connectivity index (χ4n) is 11.1. The van der Waals surface area contributed by atoms with E-state index in [4.69, 9.17) is 56.4 Å². The van der Waals surface area contributed by atoms with Crippen LogP contribution in [0.3, 0.4) is 0 Å². The summed E-state index contributed by atoms with van der Waals surface area (Å²) in [5.41, 5.74) is -1.18. The van der Waals surface area contributed by atoms with E-state index >= 15 is 4.79 Å². The highest BCUT2D eigenvalue weighted by Crippen LogP contribution is 2.44. The minimum absolute atomic E-state index is 0.0323. The number of ether oxygens (including phenoxy) is 7. The Hall–Kier alpha value is -4.10. The molecule has 0 spiro atoms. The molecule has 4 fully saturated rings. The second-order valence-electron chi connectivity index (χ2n) is 20.2. The van der Waals surface area contributed by atoms with Crippen molar-refractivity contribution in [3.8, 4) is 0 Å². The van der Waals surface area contributed by atoms with Crippen LogP contribution in [0.5, 0.6) is 0 Å². The zero-order valence-electron chi connectivity index (χ0n) is 42.3. The minimum atomic E-state index is -1.53. The normalized spacial score (nSPS) is 35.5. The fourth-order valence-corrected chi connectivity index (χ4v) is 11.4. The molecule has 5 heterocycles. The van der Waals surface area contributed by atoms with Crippen molar-refractivity contribution in [3.63, 3.8) is 0 Å². The summed E-state index contributed by atoms with van der Waals surface area (Å²) in [6.45, 7) is 16.3.